The van der Waals surface area contributed by atoms with Crippen LogP contribution in [0.15, 0.2) is 42.5 Å². The van der Waals surface area contributed by atoms with Crippen molar-refractivity contribution in [1.29, 1.82) is 0 Å². The summed E-state index contributed by atoms with van der Waals surface area (Å²) in [4.78, 5) is 26.4. The first-order valence-electron chi connectivity index (χ1n) is 7.84. The highest BCUT2D eigenvalue weighted by atomic mass is 16.5. The van der Waals surface area contributed by atoms with Crippen LogP contribution in [0.1, 0.15) is 17.5 Å². The minimum absolute atomic E-state index is 0.142. The molecule has 0 aliphatic carbocycles. The molecule has 0 unspecified atom stereocenters. The van der Waals surface area contributed by atoms with Crippen LogP contribution in [0.4, 0.5) is 11.4 Å². The molecule has 0 radical (unpaired) electrons. The van der Waals surface area contributed by atoms with Gasteiger partial charge in [-0.2, -0.15) is 0 Å². The van der Waals surface area contributed by atoms with Gasteiger partial charge in [0.1, 0.15) is 11.8 Å². The maximum absolute atomic E-state index is 12.7. The predicted octanol–water partition coefficient (Wildman–Crippen LogP) is 3.06. The van der Waals surface area contributed by atoms with Crippen LogP contribution in [-0.4, -0.2) is 25.0 Å². The molecule has 1 N–H and O–H groups in total. The molecule has 2 amide bonds. The summed E-state index contributed by atoms with van der Waals surface area (Å²) in [5.74, 6) is 0.283. The molecule has 1 aliphatic rings. The van der Waals surface area contributed by atoms with E-state index in [2.05, 4.69) is 5.32 Å². The van der Waals surface area contributed by atoms with Gasteiger partial charge < -0.3 is 10.1 Å². The molecule has 0 aromatic heterocycles. The molecule has 1 atom stereocenters. The number of methoxy groups -OCH3 is 1. The molecule has 0 bridgehead atoms. The summed E-state index contributed by atoms with van der Waals surface area (Å²) in [6, 6.07) is 12.5. The average molecular weight is 324 g/mol. The molecule has 1 fully saturated rings. The van der Waals surface area contributed by atoms with Gasteiger partial charge in [-0.15, -0.1) is 0 Å². The molecule has 1 heterocycles. The number of benzene rings is 2. The number of carbonyl (C=O) groups excluding carboxylic acids is 2. The van der Waals surface area contributed by atoms with Gasteiger partial charge in [0.05, 0.1) is 19.2 Å². The third-order valence-corrected chi connectivity index (χ3v) is 4.15. The molecule has 1 aliphatic heterocycles. The van der Waals surface area contributed by atoms with E-state index in [9.17, 15) is 9.59 Å². The van der Waals surface area contributed by atoms with E-state index in [1.165, 1.54) is 4.90 Å². The first kappa shape index (κ1) is 16.1. The fourth-order valence-corrected chi connectivity index (χ4v) is 2.97. The van der Waals surface area contributed by atoms with Gasteiger partial charge in [0.2, 0.25) is 5.91 Å². The lowest BCUT2D eigenvalue weighted by Gasteiger charge is -2.18. The van der Waals surface area contributed by atoms with Gasteiger partial charge in [-0.3, -0.25) is 9.59 Å². The zero-order chi connectivity index (χ0) is 17.3. The van der Waals surface area contributed by atoms with Crippen molar-refractivity contribution in [2.75, 3.05) is 17.3 Å². The van der Waals surface area contributed by atoms with Crippen LogP contribution in [0.25, 0.3) is 0 Å². The third-order valence-electron chi connectivity index (χ3n) is 4.15. The van der Waals surface area contributed by atoms with Gasteiger partial charge in [0, 0.05) is 11.8 Å². The van der Waals surface area contributed by atoms with Crippen molar-refractivity contribution in [3.05, 3.63) is 53.6 Å². The Hall–Kier alpha value is -2.82. The van der Waals surface area contributed by atoms with E-state index < -0.39 is 6.04 Å². The minimum atomic E-state index is -0.565. The van der Waals surface area contributed by atoms with E-state index in [0.717, 1.165) is 16.8 Å². The normalized spacial score (nSPS) is 17.3. The molecule has 1 saturated heterocycles. The Bertz CT molecular complexity index is 801. The molecule has 24 heavy (non-hydrogen) atoms. The zero-order valence-electron chi connectivity index (χ0n) is 14.0. The van der Waals surface area contributed by atoms with Gasteiger partial charge in [-0.05, 0) is 37.6 Å². The number of amides is 2. The Morgan fingerprint density at radius 1 is 1.12 bits per heavy atom. The van der Waals surface area contributed by atoms with E-state index in [1.807, 2.05) is 50.2 Å². The molecule has 0 spiro atoms. The van der Waals surface area contributed by atoms with E-state index in [4.69, 9.17) is 4.74 Å². The maximum atomic E-state index is 12.7. The van der Waals surface area contributed by atoms with E-state index in [1.54, 1.807) is 13.2 Å². The van der Waals surface area contributed by atoms with Crippen molar-refractivity contribution in [3.8, 4) is 5.75 Å². The Balaban J connectivity index is 1.83. The average Bonchev–Trinajstić information content (AvgIpc) is 2.82. The highest BCUT2D eigenvalue weighted by molar-refractivity contribution is 6.23. The number of hydrogen-bond donors (Lipinski definition) is 1. The summed E-state index contributed by atoms with van der Waals surface area (Å²) in [5, 5.41) is 3.13. The molecule has 0 saturated carbocycles. The first-order valence-corrected chi connectivity index (χ1v) is 7.84. The Morgan fingerprint density at radius 2 is 1.92 bits per heavy atom. The number of anilines is 2. The van der Waals surface area contributed by atoms with Gasteiger partial charge >= 0.3 is 0 Å². The maximum Gasteiger partial charge on any atom is 0.256 e. The summed E-state index contributed by atoms with van der Waals surface area (Å²) < 4.78 is 5.18. The number of nitrogens with one attached hydrogen (secondary N) is 1. The summed E-state index contributed by atoms with van der Waals surface area (Å²) in [6.07, 6.45) is 0.142. The Labute approximate surface area is 141 Å². The lowest BCUT2D eigenvalue weighted by atomic mass is 10.1. The van der Waals surface area contributed by atoms with Gasteiger partial charge in [0.25, 0.3) is 5.91 Å². The second-order valence-corrected chi connectivity index (χ2v) is 5.99. The molecule has 124 valence electrons. The highest BCUT2D eigenvalue weighted by Crippen LogP contribution is 2.28. The van der Waals surface area contributed by atoms with Crippen LogP contribution < -0.4 is 15.0 Å². The zero-order valence-corrected chi connectivity index (χ0v) is 14.0. The van der Waals surface area contributed by atoms with Crippen LogP contribution in [-0.2, 0) is 9.59 Å². The quantitative estimate of drug-likeness (QED) is 0.878. The number of imide groups is 1. The molecule has 3 rings (SSSR count). The number of rotatable bonds is 4. The highest BCUT2D eigenvalue weighted by Gasteiger charge is 2.40. The molecule has 5 nitrogen and oxygen atoms in total. The van der Waals surface area contributed by atoms with Crippen LogP contribution in [0, 0.1) is 13.8 Å². The van der Waals surface area contributed by atoms with E-state index in [-0.39, 0.29) is 18.2 Å². The predicted molar refractivity (Wildman–Crippen MR) is 93.4 cm³/mol. The van der Waals surface area contributed by atoms with Gasteiger partial charge in [-0.25, -0.2) is 4.90 Å². The molecule has 2 aromatic rings. The second kappa shape index (κ2) is 6.35. The first-order chi connectivity index (χ1) is 11.5. The fourth-order valence-electron chi connectivity index (χ4n) is 2.97. The van der Waals surface area contributed by atoms with Gasteiger partial charge in [0.15, 0.2) is 0 Å². The van der Waals surface area contributed by atoms with Crippen molar-refractivity contribution in [3.63, 3.8) is 0 Å². The SMILES string of the molecule is COc1cccc(N[C@H]2CC(=O)N(c3ccc(C)cc3C)C2=O)c1. The summed E-state index contributed by atoms with van der Waals surface area (Å²) in [5.41, 5.74) is 3.42. The number of carbonyl (C=O) groups is 2. The van der Waals surface area contributed by atoms with Crippen molar-refractivity contribution in [2.45, 2.75) is 26.3 Å². The van der Waals surface area contributed by atoms with E-state index >= 15 is 0 Å². The Morgan fingerprint density at radius 3 is 2.62 bits per heavy atom. The van der Waals surface area contributed by atoms with Crippen LogP contribution >= 0.6 is 0 Å². The van der Waals surface area contributed by atoms with Crippen LogP contribution in [0.5, 0.6) is 5.75 Å². The van der Waals surface area contributed by atoms with Crippen LogP contribution in [0.3, 0.4) is 0 Å². The minimum Gasteiger partial charge on any atom is -0.497 e. The smallest absolute Gasteiger partial charge is 0.256 e. The van der Waals surface area contributed by atoms with Crippen molar-refractivity contribution in [1.82, 2.24) is 0 Å². The Kier molecular flexibility index (Phi) is 4.25. The number of aryl methyl sites for hydroxylation is 2. The van der Waals surface area contributed by atoms with Crippen molar-refractivity contribution in [2.24, 2.45) is 0 Å². The number of nitrogens with zero attached hydrogens (tertiary/aromatic N) is 1. The standard InChI is InChI=1S/C19H20N2O3/c1-12-7-8-17(13(2)9-12)21-18(22)11-16(19(21)23)20-14-5-4-6-15(10-14)24-3/h4-10,16,20H,11H2,1-3H3/t16-/m0/s1. The number of hydrogen-bond acceptors (Lipinski definition) is 4. The number of ether oxygens (including phenoxy) is 1. The topological polar surface area (TPSA) is 58.6 Å². The van der Waals surface area contributed by atoms with Gasteiger partial charge in [-0.1, -0.05) is 23.8 Å². The third kappa shape index (κ3) is 2.97. The van der Waals surface area contributed by atoms with Crippen molar-refractivity contribution >= 4 is 23.2 Å². The second-order valence-electron chi connectivity index (χ2n) is 5.99. The lowest BCUT2D eigenvalue weighted by molar-refractivity contribution is -0.121. The van der Waals surface area contributed by atoms with E-state index in [0.29, 0.717) is 11.4 Å². The fraction of sp³-hybridized carbons (Fsp3) is 0.263. The summed E-state index contributed by atoms with van der Waals surface area (Å²) >= 11 is 0. The molecular weight excluding hydrogens is 304 g/mol. The molecule has 2 aromatic carbocycles. The largest absolute Gasteiger partial charge is 0.497 e. The summed E-state index contributed by atoms with van der Waals surface area (Å²) in [6.45, 7) is 3.89. The van der Waals surface area contributed by atoms with Crippen molar-refractivity contribution < 1.29 is 14.3 Å². The lowest BCUT2D eigenvalue weighted by Crippen LogP contribution is -2.35. The molecule has 5 heteroatoms. The molecular formula is C19H20N2O3. The summed E-state index contributed by atoms with van der Waals surface area (Å²) in [7, 11) is 1.59. The monoisotopic (exact) mass is 324 g/mol. The van der Waals surface area contributed by atoms with Crippen LogP contribution in [0.2, 0.25) is 0 Å².